The van der Waals surface area contributed by atoms with Crippen LogP contribution in [0.5, 0.6) is 0 Å². The zero-order chi connectivity index (χ0) is 23.2. The molecule has 2 aliphatic rings. The van der Waals surface area contributed by atoms with Crippen LogP contribution in [0.3, 0.4) is 0 Å². The maximum Gasteiger partial charge on any atom is 0.264 e. The SMILES string of the molecule is Cc1cc(NS(=O)(=O)c2ccc(N3CC[C@H](N4CCCc5cc(Cl)ccc54)C3=O)cc2)on1.[HH].[HH]. The molecule has 1 saturated heterocycles. The minimum absolute atomic E-state index is 0. The van der Waals surface area contributed by atoms with E-state index in [9.17, 15) is 13.2 Å². The lowest BCUT2D eigenvalue weighted by Crippen LogP contribution is -2.44. The predicted octanol–water partition coefficient (Wildman–Crippen LogP) is 4.49. The molecule has 3 heterocycles. The van der Waals surface area contributed by atoms with Crippen LogP contribution in [0.25, 0.3) is 0 Å². The lowest BCUT2D eigenvalue weighted by Gasteiger charge is -2.35. The third-order valence-electron chi connectivity index (χ3n) is 6.07. The van der Waals surface area contributed by atoms with Crippen molar-refractivity contribution in [2.75, 3.05) is 27.6 Å². The maximum atomic E-state index is 13.3. The first-order chi connectivity index (χ1) is 15.8. The fraction of sp³-hybridized carbons (Fsp3) is 0.304. The largest absolute Gasteiger partial charge is 0.359 e. The third-order valence-corrected chi connectivity index (χ3v) is 7.67. The third kappa shape index (κ3) is 4.18. The summed E-state index contributed by atoms with van der Waals surface area (Å²) in [4.78, 5) is 17.3. The van der Waals surface area contributed by atoms with E-state index in [0.29, 0.717) is 29.4 Å². The number of nitrogens with zero attached hydrogens (tertiary/aromatic N) is 3. The first-order valence-corrected chi connectivity index (χ1v) is 12.6. The topological polar surface area (TPSA) is 95.8 Å². The summed E-state index contributed by atoms with van der Waals surface area (Å²) in [6.07, 6.45) is 2.63. The van der Waals surface area contributed by atoms with Crippen molar-refractivity contribution >= 4 is 44.8 Å². The van der Waals surface area contributed by atoms with Crippen molar-refractivity contribution in [3.05, 3.63) is 64.8 Å². The van der Waals surface area contributed by atoms with Crippen LogP contribution in [0.1, 0.15) is 27.0 Å². The van der Waals surface area contributed by atoms with E-state index in [1.165, 1.54) is 23.8 Å². The highest BCUT2D eigenvalue weighted by Crippen LogP contribution is 2.35. The quantitative estimate of drug-likeness (QED) is 0.566. The molecule has 176 valence electrons. The summed E-state index contributed by atoms with van der Waals surface area (Å²) in [5.41, 5.74) is 3.49. The molecular formula is C23H27ClN4O4S. The minimum Gasteiger partial charge on any atom is -0.359 e. The Bertz CT molecular complexity index is 1320. The fourth-order valence-corrected chi connectivity index (χ4v) is 5.71. The van der Waals surface area contributed by atoms with Crippen LogP contribution in [-0.4, -0.2) is 38.6 Å². The number of sulfonamides is 1. The lowest BCUT2D eigenvalue weighted by atomic mass is 9.99. The van der Waals surface area contributed by atoms with E-state index in [-0.39, 0.29) is 25.6 Å². The van der Waals surface area contributed by atoms with Gasteiger partial charge in [0.05, 0.1) is 10.6 Å². The van der Waals surface area contributed by atoms with E-state index >= 15 is 0 Å². The number of aromatic nitrogens is 1. The zero-order valence-corrected chi connectivity index (χ0v) is 19.6. The summed E-state index contributed by atoms with van der Waals surface area (Å²) in [6, 6.07) is 13.4. The Morgan fingerprint density at radius 2 is 1.94 bits per heavy atom. The fourth-order valence-electron chi connectivity index (χ4n) is 4.54. The Morgan fingerprint density at radius 3 is 2.67 bits per heavy atom. The zero-order valence-electron chi connectivity index (χ0n) is 18.0. The number of fused-ring (bicyclic) bond motifs is 1. The summed E-state index contributed by atoms with van der Waals surface area (Å²) < 4.78 is 32.5. The molecule has 1 amide bonds. The number of benzene rings is 2. The second-order valence-electron chi connectivity index (χ2n) is 8.30. The van der Waals surface area contributed by atoms with E-state index in [4.69, 9.17) is 16.1 Å². The summed E-state index contributed by atoms with van der Waals surface area (Å²) in [7, 11) is -3.82. The molecule has 2 aliphatic heterocycles. The van der Waals surface area contributed by atoms with E-state index in [2.05, 4.69) is 14.8 Å². The number of aryl methyl sites for hydroxylation is 2. The number of halogens is 1. The number of hydrogen-bond donors (Lipinski definition) is 1. The Labute approximate surface area is 200 Å². The Hall–Kier alpha value is -3.04. The van der Waals surface area contributed by atoms with Crippen molar-refractivity contribution in [1.82, 2.24) is 5.16 Å². The normalized spacial score (nSPS) is 18.5. The number of amides is 1. The van der Waals surface area contributed by atoms with Gasteiger partial charge in [0.15, 0.2) is 0 Å². The van der Waals surface area contributed by atoms with Crippen LogP contribution in [0.2, 0.25) is 5.02 Å². The van der Waals surface area contributed by atoms with Gasteiger partial charge >= 0.3 is 0 Å². The molecule has 2 aromatic carbocycles. The van der Waals surface area contributed by atoms with E-state index in [1.54, 1.807) is 24.0 Å². The molecule has 1 aromatic heterocycles. The van der Waals surface area contributed by atoms with Crippen molar-refractivity contribution in [2.45, 2.75) is 37.1 Å². The average molecular weight is 491 g/mol. The predicted molar refractivity (Wildman–Crippen MR) is 131 cm³/mol. The number of carbonyl (C=O) groups is 1. The molecule has 0 spiro atoms. The van der Waals surface area contributed by atoms with Gasteiger partial charge in [-0.15, -0.1) is 0 Å². The van der Waals surface area contributed by atoms with Gasteiger partial charge in [-0.05, 0) is 74.2 Å². The molecule has 10 heteroatoms. The molecule has 0 bridgehead atoms. The molecule has 1 fully saturated rings. The van der Waals surface area contributed by atoms with Crippen molar-refractivity contribution in [1.29, 1.82) is 0 Å². The Balaban J connectivity index is 0.00000171. The molecule has 0 aliphatic carbocycles. The van der Waals surface area contributed by atoms with Crippen LogP contribution in [0.4, 0.5) is 17.3 Å². The van der Waals surface area contributed by atoms with Crippen LogP contribution in [-0.2, 0) is 21.2 Å². The van der Waals surface area contributed by atoms with Gasteiger partial charge in [-0.3, -0.25) is 4.79 Å². The lowest BCUT2D eigenvalue weighted by molar-refractivity contribution is -0.118. The standard InChI is InChI=1S/C23H23ClN4O4S.2H2/c1-15-13-22(32-25-15)26-33(30,31)19-7-5-18(6-8-19)27-12-10-21(23(27)29)28-11-2-3-16-14-17(24)4-9-20(16)28;;/h4-9,13-14,21,26H,2-3,10-12H2,1H3;2*1H/t21-;;/m0../s1. The molecule has 1 atom stereocenters. The molecule has 0 saturated carbocycles. The first kappa shape index (κ1) is 21.8. The minimum atomic E-state index is -3.82. The van der Waals surface area contributed by atoms with Crippen molar-refractivity contribution < 1.29 is 20.6 Å². The maximum absolute atomic E-state index is 13.3. The van der Waals surface area contributed by atoms with Crippen LogP contribution < -0.4 is 14.5 Å². The summed E-state index contributed by atoms with van der Waals surface area (Å²) >= 11 is 6.16. The second-order valence-corrected chi connectivity index (χ2v) is 10.4. The Kier molecular flexibility index (Phi) is 5.54. The van der Waals surface area contributed by atoms with Crippen LogP contribution in [0, 0.1) is 6.92 Å². The smallest absolute Gasteiger partial charge is 0.264 e. The van der Waals surface area contributed by atoms with Gasteiger partial charge in [-0.25, -0.2) is 13.1 Å². The molecule has 3 aromatic rings. The number of anilines is 3. The van der Waals surface area contributed by atoms with Gasteiger partial charge in [-0.2, -0.15) is 0 Å². The Morgan fingerprint density at radius 1 is 1.15 bits per heavy atom. The highest BCUT2D eigenvalue weighted by molar-refractivity contribution is 7.92. The van der Waals surface area contributed by atoms with Crippen LogP contribution >= 0.6 is 11.6 Å². The summed E-state index contributed by atoms with van der Waals surface area (Å²) in [5, 5.41) is 4.38. The van der Waals surface area contributed by atoms with Crippen molar-refractivity contribution in [2.24, 2.45) is 0 Å². The van der Waals surface area contributed by atoms with Crippen LogP contribution in [0.15, 0.2) is 57.9 Å². The average Bonchev–Trinajstić information content (AvgIpc) is 3.37. The summed E-state index contributed by atoms with van der Waals surface area (Å²) in [5.74, 6) is 0.0703. The number of rotatable bonds is 5. The molecule has 0 unspecified atom stereocenters. The van der Waals surface area contributed by atoms with E-state index < -0.39 is 10.0 Å². The van der Waals surface area contributed by atoms with E-state index in [0.717, 1.165) is 25.1 Å². The highest BCUT2D eigenvalue weighted by Gasteiger charge is 2.38. The van der Waals surface area contributed by atoms with Gasteiger partial charge in [0.1, 0.15) is 6.04 Å². The molecule has 8 nitrogen and oxygen atoms in total. The highest BCUT2D eigenvalue weighted by atomic mass is 35.5. The van der Waals surface area contributed by atoms with E-state index in [1.807, 2.05) is 18.2 Å². The van der Waals surface area contributed by atoms with Crippen molar-refractivity contribution in [3.63, 3.8) is 0 Å². The van der Waals surface area contributed by atoms with Gasteiger partial charge in [0, 0.05) is 38.4 Å². The van der Waals surface area contributed by atoms with Gasteiger partial charge in [0.25, 0.3) is 10.0 Å². The molecular weight excluding hydrogens is 464 g/mol. The number of carbonyl (C=O) groups excluding carboxylic acids is 1. The van der Waals surface area contributed by atoms with Crippen molar-refractivity contribution in [3.8, 4) is 0 Å². The monoisotopic (exact) mass is 490 g/mol. The number of nitrogens with one attached hydrogen (secondary N) is 1. The molecule has 5 rings (SSSR count). The molecule has 33 heavy (non-hydrogen) atoms. The number of hydrogen-bond acceptors (Lipinski definition) is 6. The second kappa shape index (κ2) is 8.39. The first-order valence-electron chi connectivity index (χ1n) is 10.7. The molecule has 1 N–H and O–H groups in total. The van der Waals surface area contributed by atoms with Gasteiger partial charge in [0.2, 0.25) is 11.8 Å². The van der Waals surface area contributed by atoms with Gasteiger partial charge in [-0.1, -0.05) is 16.8 Å². The summed E-state index contributed by atoms with van der Waals surface area (Å²) in [6.45, 7) is 3.10. The van der Waals surface area contributed by atoms with Gasteiger partial charge < -0.3 is 14.3 Å². The molecule has 0 radical (unpaired) electrons.